The number of rotatable bonds is 7. The molecule has 0 saturated carbocycles. The summed E-state index contributed by atoms with van der Waals surface area (Å²) in [5, 5.41) is 6.38. The van der Waals surface area contributed by atoms with Crippen LogP contribution in [0.2, 0.25) is 0 Å². The Labute approximate surface area is 308 Å². The van der Waals surface area contributed by atoms with Gasteiger partial charge < -0.3 is 9.72 Å². The van der Waals surface area contributed by atoms with Crippen molar-refractivity contribution in [2.75, 3.05) is 0 Å². The maximum Gasteiger partial charge on any atom is 3.00 e. The van der Waals surface area contributed by atoms with E-state index in [1.54, 1.807) is 22.7 Å². The fraction of sp³-hybridized carbons (Fsp3) is 0. The number of hydrogen-bond acceptors (Lipinski definition) is 4. The smallest absolute Gasteiger partial charge is 0.654 e. The number of hydrogen-bond donors (Lipinski definition) is 0. The van der Waals surface area contributed by atoms with E-state index in [1.165, 1.54) is 15.3 Å². The second-order valence-corrected chi connectivity index (χ2v) is 13.4. The van der Waals surface area contributed by atoms with Crippen molar-refractivity contribution in [3.05, 3.63) is 162 Å². The van der Waals surface area contributed by atoms with Crippen molar-refractivity contribution in [3.8, 4) is 66.0 Å². The van der Waals surface area contributed by atoms with Crippen LogP contribution in [0.1, 0.15) is 0 Å². The van der Waals surface area contributed by atoms with E-state index in [1.807, 2.05) is 42.5 Å². The third kappa shape index (κ3) is 6.19. The minimum atomic E-state index is 0. The molecule has 0 aliphatic rings. The van der Waals surface area contributed by atoms with Gasteiger partial charge in [-0.15, -0.1) is 45.9 Å². The molecule has 236 valence electrons. The van der Waals surface area contributed by atoms with Gasteiger partial charge in [0.2, 0.25) is 5.88 Å². The predicted molar refractivity (Wildman–Crippen MR) is 200 cm³/mol. The number of fused-ring (bicyclic) bond motifs is 3. The van der Waals surface area contributed by atoms with E-state index in [4.69, 9.17) is 14.7 Å². The fourth-order valence-electron chi connectivity index (χ4n) is 6.10. The first-order valence-electron chi connectivity index (χ1n) is 15.6. The van der Waals surface area contributed by atoms with Gasteiger partial charge in [0, 0.05) is 15.4 Å². The first-order valence-corrected chi connectivity index (χ1v) is 17.4. The number of ether oxygens (including phenoxy) is 1. The molecule has 4 heterocycles. The Morgan fingerprint density at radius 2 is 1.35 bits per heavy atom. The first-order chi connectivity index (χ1) is 23.7. The summed E-state index contributed by atoms with van der Waals surface area (Å²) in [4.78, 5) is 12.5. The average molecular weight is 847 g/mol. The van der Waals surface area contributed by atoms with Crippen LogP contribution in [0, 0.1) is 12.1 Å². The van der Waals surface area contributed by atoms with Gasteiger partial charge in [-0.3, -0.25) is 4.98 Å². The number of aromatic nitrogens is 2. The van der Waals surface area contributed by atoms with Crippen molar-refractivity contribution in [3.63, 3.8) is 0 Å². The quantitative estimate of drug-likeness (QED) is 0.118. The van der Waals surface area contributed by atoms with Crippen LogP contribution in [0.25, 0.3) is 76.2 Å². The van der Waals surface area contributed by atoms with Crippen molar-refractivity contribution in [1.29, 1.82) is 0 Å². The van der Waals surface area contributed by atoms with Crippen LogP contribution >= 0.6 is 22.7 Å². The molecule has 49 heavy (non-hydrogen) atoms. The van der Waals surface area contributed by atoms with Gasteiger partial charge in [0.1, 0.15) is 5.75 Å². The molecule has 0 fully saturated rings. The maximum atomic E-state index is 6.67. The van der Waals surface area contributed by atoms with Gasteiger partial charge in [0.05, 0.1) is 0 Å². The van der Waals surface area contributed by atoms with E-state index in [0.717, 1.165) is 60.9 Å². The minimum Gasteiger partial charge on any atom is -0.654 e. The molecule has 3 nitrogen and oxygen atoms in total. The molecule has 9 rings (SSSR count). The van der Waals surface area contributed by atoms with Crippen molar-refractivity contribution in [2.24, 2.45) is 0 Å². The maximum absolute atomic E-state index is 6.67. The fourth-order valence-corrected chi connectivity index (χ4v) is 7.54. The molecule has 0 aliphatic carbocycles. The molecule has 0 unspecified atom stereocenters. The molecule has 0 spiro atoms. The van der Waals surface area contributed by atoms with Gasteiger partial charge in [-0.25, -0.2) is 5.56 Å². The van der Waals surface area contributed by atoms with Crippen LogP contribution in [-0.4, -0.2) is 4.98 Å². The van der Waals surface area contributed by atoms with Crippen LogP contribution in [-0.2, 0) is 22.4 Å². The molecule has 0 N–H and O–H groups in total. The minimum absolute atomic E-state index is 0. The molecule has 5 aromatic carbocycles. The van der Waals surface area contributed by atoms with Gasteiger partial charge in [-0.2, -0.15) is 42.0 Å². The van der Waals surface area contributed by atoms with E-state index in [2.05, 4.69) is 120 Å². The number of nitrogens with zero attached hydrogens (tertiary/aromatic N) is 2. The average Bonchev–Trinajstić information content (AvgIpc) is 3.95. The summed E-state index contributed by atoms with van der Waals surface area (Å²) < 4.78 is 6.67. The van der Waals surface area contributed by atoms with E-state index < -0.39 is 0 Å². The van der Waals surface area contributed by atoms with Crippen molar-refractivity contribution >= 4 is 44.5 Å². The first kappa shape index (κ1) is 31.3. The van der Waals surface area contributed by atoms with Crippen LogP contribution < -0.4 is 9.72 Å². The zero-order valence-electron chi connectivity index (χ0n) is 25.9. The molecule has 4 aromatic heterocycles. The zero-order chi connectivity index (χ0) is 31.9. The van der Waals surface area contributed by atoms with Crippen LogP contribution in [0.4, 0.5) is 0 Å². The van der Waals surface area contributed by atoms with E-state index in [0.29, 0.717) is 11.6 Å². The Balaban J connectivity index is 0.00000348. The molecule has 9 aromatic rings. The van der Waals surface area contributed by atoms with E-state index in [9.17, 15) is 0 Å². The molecule has 0 saturated heterocycles. The Morgan fingerprint density at radius 1 is 0.571 bits per heavy atom. The van der Waals surface area contributed by atoms with Gasteiger partial charge >= 0.3 is 22.4 Å². The normalized spacial score (nSPS) is 11.1. The second kappa shape index (κ2) is 13.5. The Kier molecular flexibility index (Phi) is 8.60. The molecule has 0 atom stereocenters. The summed E-state index contributed by atoms with van der Waals surface area (Å²) >= 11 is 3.45. The predicted octanol–water partition coefficient (Wildman–Crippen LogP) is 12.2. The molecular formula is C43H25AuN2OS2. The number of pyridine rings is 1. The second-order valence-electron chi connectivity index (χ2n) is 11.5. The molecule has 0 aliphatic heterocycles. The van der Waals surface area contributed by atoms with Gasteiger partial charge in [0.25, 0.3) is 0 Å². The molecule has 0 radical (unpaired) electrons. The summed E-state index contributed by atoms with van der Waals surface area (Å²) in [6, 6.07) is 54.8. The third-order valence-corrected chi connectivity index (χ3v) is 10.2. The summed E-state index contributed by atoms with van der Waals surface area (Å²) in [5.41, 5.74) is 9.84. The van der Waals surface area contributed by atoms with Crippen molar-refractivity contribution in [2.45, 2.75) is 0 Å². The number of thiophene rings is 2. The van der Waals surface area contributed by atoms with Gasteiger partial charge in [-0.05, 0) is 74.6 Å². The standard InChI is InChI=1S/C43H25N2OS2.Au/c1-3-10-28(11-4-1)31-22-32(29-12-5-2-6-13-29)24-33(23-31)37-14-7-17-42(44-37)46-39-27-34(41-16-9-21-48-41)26-36-35-25-30(40-15-8-20-47-40)18-19-38(35)45-43(36)39;/h1-12,14-23,25-27H;/q-3;+3. The Morgan fingerprint density at radius 3 is 2.12 bits per heavy atom. The number of benzene rings is 5. The van der Waals surface area contributed by atoms with Crippen LogP contribution in [0.3, 0.4) is 0 Å². The molecular weight excluding hydrogens is 822 g/mol. The largest absolute Gasteiger partial charge is 3.00 e. The van der Waals surface area contributed by atoms with Crippen molar-refractivity contribution in [1.82, 2.24) is 9.97 Å². The van der Waals surface area contributed by atoms with Gasteiger partial charge in [-0.1, -0.05) is 77.8 Å². The topological polar surface area (TPSA) is 36.2 Å². The van der Waals surface area contributed by atoms with Crippen LogP contribution in [0.15, 0.2) is 150 Å². The van der Waals surface area contributed by atoms with Crippen LogP contribution in [0.5, 0.6) is 11.6 Å². The Hall–Kier alpha value is -5.01. The summed E-state index contributed by atoms with van der Waals surface area (Å²) in [5.74, 6) is 1.17. The monoisotopic (exact) mass is 846 g/mol. The summed E-state index contributed by atoms with van der Waals surface area (Å²) in [7, 11) is 0. The SMILES string of the molecule is [Au+3].[c-]1ccccc1-c1[c-]c(-c2cccc(Oc3cc(-c4cccs4)cc4c3[n-]c3ccc(-c5cccs5)cc34)n2)cc(-c2ccccc2)c1. The van der Waals surface area contributed by atoms with Crippen molar-refractivity contribution < 1.29 is 27.1 Å². The van der Waals surface area contributed by atoms with E-state index >= 15 is 0 Å². The Bertz CT molecular complexity index is 2470. The zero-order valence-corrected chi connectivity index (χ0v) is 29.7. The third-order valence-electron chi connectivity index (χ3n) is 8.39. The summed E-state index contributed by atoms with van der Waals surface area (Å²) in [6.07, 6.45) is 0. The van der Waals surface area contributed by atoms with E-state index in [-0.39, 0.29) is 22.4 Å². The summed E-state index contributed by atoms with van der Waals surface area (Å²) in [6.45, 7) is 0. The molecule has 0 bridgehead atoms. The van der Waals surface area contributed by atoms with Gasteiger partial charge in [0.15, 0.2) is 0 Å². The molecule has 0 amide bonds. The molecule has 6 heteroatoms.